The zero-order chi connectivity index (χ0) is 13.5. The highest BCUT2D eigenvalue weighted by molar-refractivity contribution is 5.99. The molecule has 0 aliphatic carbocycles. The molecule has 1 aromatic rings. The third-order valence-electron chi connectivity index (χ3n) is 2.64. The number of Topliss-reactive ketones (excluding diaryl/α,β-unsaturated/α-hetero) is 1. The number of hydrogen-bond donors (Lipinski definition) is 0. The van der Waals surface area contributed by atoms with Crippen LogP contribution in [0.5, 0.6) is 0 Å². The van der Waals surface area contributed by atoms with Crippen molar-refractivity contribution in [3.63, 3.8) is 0 Å². The van der Waals surface area contributed by atoms with Crippen LogP contribution in [0.1, 0.15) is 25.8 Å². The fraction of sp³-hybridized carbons (Fsp3) is 0.429. The van der Waals surface area contributed by atoms with Gasteiger partial charge in [-0.15, -0.1) is 0 Å². The molecule has 0 saturated carbocycles. The average molecular weight is 252 g/mol. The lowest BCUT2D eigenvalue weighted by atomic mass is 9.95. The second kappa shape index (κ2) is 6.89. The van der Waals surface area contributed by atoms with Crippen LogP contribution in [0.25, 0.3) is 0 Å². The lowest BCUT2D eigenvalue weighted by Crippen LogP contribution is -2.27. The Balaban J connectivity index is 2.71. The van der Waals surface area contributed by atoms with Crippen molar-refractivity contribution in [2.75, 3.05) is 6.61 Å². The van der Waals surface area contributed by atoms with E-state index in [-0.39, 0.29) is 24.6 Å². The zero-order valence-corrected chi connectivity index (χ0v) is 10.6. The first kappa shape index (κ1) is 14.4. The summed E-state index contributed by atoms with van der Waals surface area (Å²) in [5, 5.41) is 0. The highest BCUT2D eigenvalue weighted by Gasteiger charge is 2.25. The van der Waals surface area contributed by atoms with Gasteiger partial charge in [0.05, 0.1) is 6.61 Å². The Hall–Kier alpha value is -1.71. The van der Waals surface area contributed by atoms with E-state index in [9.17, 15) is 14.0 Å². The molecule has 0 amide bonds. The van der Waals surface area contributed by atoms with Crippen molar-refractivity contribution in [3.05, 3.63) is 35.6 Å². The number of esters is 1. The van der Waals surface area contributed by atoms with E-state index < -0.39 is 11.9 Å². The molecule has 0 aromatic heterocycles. The fourth-order valence-corrected chi connectivity index (χ4v) is 1.74. The summed E-state index contributed by atoms with van der Waals surface area (Å²) in [7, 11) is 0. The summed E-state index contributed by atoms with van der Waals surface area (Å²) in [5.41, 5.74) is 0.572. The Morgan fingerprint density at radius 3 is 2.61 bits per heavy atom. The number of halogens is 1. The maximum atomic E-state index is 13.0. The van der Waals surface area contributed by atoms with Crippen LogP contribution in [0.4, 0.5) is 4.39 Å². The number of rotatable bonds is 6. The maximum absolute atomic E-state index is 13.0. The molecule has 18 heavy (non-hydrogen) atoms. The quantitative estimate of drug-likeness (QED) is 0.577. The summed E-state index contributed by atoms with van der Waals surface area (Å²) < 4.78 is 17.8. The van der Waals surface area contributed by atoms with Gasteiger partial charge in [-0.3, -0.25) is 9.59 Å². The van der Waals surface area contributed by atoms with Gasteiger partial charge in [-0.2, -0.15) is 0 Å². The van der Waals surface area contributed by atoms with Gasteiger partial charge in [0.25, 0.3) is 0 Å². The molecule has 0 radical (unpaired) electrons. The molecule has 98 valence electrons. The van der Waals surface area contributed by atoms with E-state index in [1.807, 2.05) is 0 Å². The van der Waals surface area contributed by atoms with Crippen molar-refractivity contribution in [1.82, 2.24) is 0 Å². The predicted molar refractivity (Wildman–Crippen MR) is 65.5 cm³/mol. The summed E-state index contributed by atoms with van der Waals surface area (Å²) in [6, 6.07) is 5.83. The molecule has 0 spiro atoms. The fourth-order valence-electron chi connectivity index (χ4n) is 1.74. The Labute approximate surface area is 106 Å². The number of benzene rings is 1. The molecule has 1 atom stereocenters. The van der Waals surface area contributed by atoms with Crippen LogP contribution in [0.3, 0.4) is 0 Å². The number of hydrogen-bond acceptors (Lipinski definition) is 3. The molecular formula is C14H17FO3. The Kier molecular flexibility index (Phi) is 5.49. The Morgan fingerprint density at radius 2 is 2.06 bits per heavy atom. The first-order valence-corrected chi connectivity index (χ1v) is 6.02. The van der Waals surface area contributed by atoms with Gasteiger partial charge in [-0.05, 0) is 31.0 Å². The van der Waals surface area contributed by atoms with E-state index in [4.69, 9.17) is 4.74 Å². The van der Waals surface area contributed by atoms with E-state index in [0.717, 1.165) is 0 Å². The number of ketones is 1. The van der Waals surface area contributed by atoms with E-state index in [0.29, 0.717) is 12.0 Å². The molecule has 0 aliphatic heterocycles. The molecule has 0 fully saturated rings. The molecule has 3 nitrogen and oxygen atoms in total. The molecule has 0 bridgehead atoms. The van der Waals surface area contributed by atoms with E-state index in [2.05, 4.69) is 0 Å². The first-order valence-electron chi connectivity index (χ1n) is 6.02. The third-order valence-corrected chi connectivity index (χ3v) is 2.64. The third kappa shape index (κ3) is 3.95. The van der Waals surface area contributed by atoms with Crippen molar-refractivity contribution >= 4 is 11.8 Å². The van der Waals surface area contributed by atoms with Crippen LogP contribution < -0.4 is 0 Å². The van der Waals surface area contributed by atoms with Crippen LogP contribution >= 0.6 is 0 Å². The minimum Gasteiger partial charge on any atom is -0.465 e. The zero-order valence-electron chi connectivity index (χ0n) is 10.6. The number of carbonyl (C=O) groups is 2. The summed E-state index contributed by atoms with van der Waals surface area (Å²) in [5.74, 6) is -1.87. The minimum atomic E-state index is -0.756. The van der Waals surface area contributed by atoms with Crippen molar-refractivity contribution in [1.29, 1.82) is 0 Å². The van der Waals surface area contributed by atoms with Gasteiger partial charge < -0.3 is 4.74 Å². The Bertz CT molecular complexity index is 429. The maximum Gasteiger partial charge on any atom is 0.316 e. The van der Waals surface area contributed by atoms with E-state index in [1.54, 1.807) is 26.0 Å². The van der Waals surface area contributed by atoms with Gasteiger partial charge in [-0.25, -0.2) is 4.39 Å². The largest absolute Gasteiger partial charge is 0.465 e. The van der Waals surface area contributed by atoms with Crippen LogP contribution in [0, 0.1) is 11.7 Å². The molecule has 0 heterocycles. The SMILES string of the molecule is CCOC(=O)C(CC)C(=O)Cc1cccc(F)c1. The standard InChI is InChI=1S/C14H17FO3/c1-3-12(14(17)18-4-2)13(16)9-10-6-5-7-11(15)8-10/h5-8,12H,3-4,9H2,1-2H3. The molecule has 0 aliphatic rings. The minimum absolute atomic E-state index is 0.0507. The van der Waals surface area contributed by atoms with Crippen LogP contribution in [0.2, 0.25) is 0 Å². The highest BCUT2D eigenvalue weighted by Crippen LogP contribution is 2.12. The first-order chi connectivity index (χ1) is 8.58. The Morgan fingerprint density at radius 1 is 1.33 bits per heavy atom. The summed E-state index contributed by atoms with van der Waals surface area (Å²) in [4.78, 5) is 23.5. The van der Waals surface area contributed by atoms with Crippen molar-refractivity contribution in [2.45, 2.75) is 26.7 Å². The molecule has 4 heteroatoms. The highest BCUT2D eigenvalue weighted by atomic mass is 19.1. The normalized spacial score (nSPS) is 11.9. The molecule has 1 rings (SSSR count). The van der Waals surface area contributed by atoms with Crippen LogP contribution in [0.15, 0.2) is 24.3 Å². The average Bonchev–Trinajstić information content (AvgIpc) is 2.30. The monoisotopic (exact) mass is 252 g/mol. The second-order valence-corrected chi connectivity index (χ2v) is 3.99. The van der Waals surface area contributed by atoms with Crippen LogP contribution in [-0.4, -0.2) is 18.4 Å². The molecule has 0 N–H and O–H groups in total. The summed E-state index contributed by atoms with van der Waals surface area (Å²) in [6.45, 7) is 3.70. The number of carbonyl (C=O) groups excluding carboxylic acids is 2. The van der Waals surface area contributed by atoms with Crippen molar-refractivity contribution in [3.8, 4) is 0 Å². The lowest BCUT2D eigenvalue weighted by molar-refractivity contribution is -0.151. The summed E-state index contributed by atoms with van der Waals surface area (Å²) >= 11 is 0. The molecule has 1 unspecified atom stereocenters. The molecule has 1 aromatic carbocycles. The van der Waals surface area contributed by atoms with Crippen molar-refractivity contribution in [2.24, 2.45) is 5.92 Å². The van der Waals surface area contributed by atoms with Crippen molar-refractivity contribution < 1.29 is 18.7 Å². The molecule has 0 saturated heterocycles. The van der Waals surface area contributed by atoms with Gasteiger partial charge in [0.2, 0.25) is 0 Å². The van der Waals surface area contributed by atoms with E-state index in [1.165, 1.54) is 12.1 Å². The van der Waals surface area contributed by atoms with Gasteiger partial charge in [0, 0.05) is 6.42 Å². The van der Waals surface area contributed by atoms with Crippen LogP contribution in [-0.2, 0) is 20.7 Å². The lowest BCUT2D eigenvalue weighted by Gasteiger charge is -2.12. The van der Waals surface area contributed by atoms with E-state index >= 15 is 0 Å². The number of ether oxygens (including phenoxy) is 1. The van der Waals surface area contributed by atoms with Gasteiger partial charge in [0.15, 0.2) is 5.78 Å². The predicted octanol–water partition coefficient (Wildman–Crippen LogP) is 2.53. The van der Waals surface area contributed by atoms with Gasteiger partial charge >= 0.3 is 5.97 Å². The molecular weight excluding hydrogens is 235 g/mol. The summed E-state index contributed by atoms with van der Waals surface area (Å²) in [6.07, 6.45) is 0.446. The van der Waals surface area contributed by atoms with Gasteiger partial charge in [-0.1, -0.05) is 19.1 Å². The van der Waals surface area contributed by atoms with Gasteiger partial charge in [0.1, 0.15) is 11.7 Å². The second-order valence-electron chi connectivity index (χ2n) is 3.99. The smallest absolute Gasteiger partial charge is 0.316 e. The topological polar surface area (TPSA) is 43.4 Å².